The maximum atomic E-state index is 12.5. The largest absolute Gasteiger partial charge is 0.347 e. The molecule has 0 unspecified atom stereocenters. The Balaban J connectivity index is 1.46. The number of H-pyrrole nitrogens is 1. The van der Waals surface area contributed by atoms with Crippen LogP contribution < -0.4 is 21.9 Å². The van der Waals surface area contributed by atoms with Crippen molar-refractivity contribution in [3.05, 3.63) is 105 Å². The predicted molar refractivity (Wildman–Crippen MR) is 126 cm³/mol. The normalized spacial score (nSPS) is 10.6. The zero-order valence-corrected chi connectivity index (χ0v) is 17.9. The van der Waals surface area contributed by atoms with E-state index in [4.69, 9.17) is 0 Å². The standard InChI is InChI=1S/C24H22N6O3/c1-2-18-14-21(31)29-22(26-18)17-7-4-9-20(13-17)28-23(32)27-19-8-3-6-16(12-19)15-30-11-5-10-25-24(30)33/h3-14H,2,15H2,1H3,(H,26,29,31)(H2,27,28,32). The van der Waals surface area contributed by atoms with Gasteiger partial charge in [-0.1, -0.05) is 31.2 Å². The minimum absolute atomic E-state index is 0.221. The Bertz CT molecular complexity index is 1410. The van der Waals surface area contributed by atoms with Gasteiger partial charge < -0.3 is 15.6 Å². The first-order valence-corrected chi connectivity index (χ1v) is 10.4. The number of aromatic amines is 1. The van der Waals surface area contributed by atoms with Crippen LogP contribution in [0.15, 0.2) is 82.6 Å². The van der Waals surface area contributed by atoms with Crippen LogP contribution in [0.5, 0.6) is 0 Å². The molecule has 2 amide bonds. The Morgan fingerprint density at radius 2 is 1.76 bits per heavy atom. The number of urea groups is 1. The van der Waals surface area contributed by atoms with Gasteiger partial charge in [-0.05, 0) is 42.3 Å². The van der Waals surface area contributed by atoms with E-state index in [0.717, 1.165) is 5.56 Å². The fraction of sp³-hybridized carbons (Fsp3) is 0.125. The van der Waals surface area contributed by atoms with Crippen molar-refractivity contribution in [1.29, 1.82) is 0 Å². The lowest BCUT2D eigenvalue weighted by molar-refractivity contribution is 0.262. The minimum atomic E-state index is -0.424. The van der Waals surface area contributed by atoms with Crippen LogP contribution in [-0.2, 0) is 13.0 Å². The van der Waals surface area contributed by atoms with Gasteiger partial charge in [0.25, 0.3) is 5.56 Å². The number of hydrogen-bond donors (Lipinski definition) is 3. The fourth-order valence-corrected chi connectivity index (χ4v) is 3.32. The molecule has 166 valence electrons. The van der Waals surface area contributed by atoms with Crippen LogP contribution in [0.25, 0.3) is 11.4 Å². The molecular formula is C24H22N6O3. The third-order valence-corrected chi connectivity index (χ3v) is 4.87. The summed E-state index contributed by atoms with van der Waals surface area (Å²) in [5.41, 5.74) is 2.79. The molecule has 4 aromatic rings. The van der Waals surface area contributed by atoms with Gasteiger partial charge in [0.05, 0.1) is 6.54 Å². The van der Waals surface area contributed by atoms with E-state index < -0.39 is 6.03 Å². The molecule has 0 fully saturated rings. The maximum absolute atomic E-state index is 12.5. The van der Waals surface area contributed by atoms with Crippen LogP contribution in [0.1, 0.15) is 18.2 Å². The average molecular weight is 442 g/mol. The molecule has 9 heteroatoms. The quantitative estimate of drug-likeness (QED) is 0.423. The van der Waals surface area contributed by atoms with Gasteiger partial charge in [0.15, 0.2) is 0 Å². The highest BCUT2D eigenvalue weighted by molar-refractivity contribution is 6.00. The van der Waals surface area contributed by atoms with Crippen molar-refractivity contribution >= 4 is 17.4 Å². The molecular weight excluding hydrogens is 420 g/mol. The van der Waals surface area contributed by atoms with Gasteiger partial charge in [0, 0.05) is 41.1 Å². The lowest BCUT2D eigenvalue weighted by Crippen LogP contribution is -2.22. The Morgan fingerprint density at radius 3 is 2.52 bits per heavy atom. The number of carbonyl (C=O) groups is 1. The number of aryl methyl sites for hydroxylation is 1. The van der Waals surface area contributed by atoms with Crippen LogP contribution in [0.4, 0.5) is 16.2 Å². The third-order valence-electron chi connectivity index (χ3n) is 4.87. The van der Waals surface area contributed by atoms with Crippen LogP contribution >= 0.6 is 0 Å². The summed E-state index contributed by atoms with van der Waals surface area (Å²) in [5, 5.41) is 5.58. The van der Waals surface area contributed by atoms with Crippen molar-refractivity contribution in [3.63, 3.8) is 0 Å². The molecule has 0 saturated carbocycles. The van der Waals surface area contributed by atoms with Crippen molar-refractivity contribution in [1.82, 2.24) is 19.5 Å². The number of hydrogen-bond acceptors (Lipinski definition) is 5. The second-order valence-corrected chi connectivity index (χ2v) is 7.33. The van der Waals surface area contributed by atoms with Crippen LogP contribution in [0, 0.1) is 0 Å². The van der Waals surface area contributed by atoms with Crippen LogP contribution in [0.2, 0.25) is 0 Å². The van der Waals surface area contributed by atoms with E-state index in [9.17, 15) is 14.4 Å². The lowest BCUT2D eigenvalue weighted by atomic mass is 10.1. The molecule has 0 atom stereocenters. The molecule has 0 aliphatic carbocycles. The summed E-state index contributed by atoms with van der Waals surface area (Å²) in [6.45, 7) is 2.27. The van der Waals surface area contributed by atoms with E-state index in [0.29, 0.717) is 41.4 Å². The molecule has 2 aromatic carbocycles. The maximum Gasteiger partial charge on any atom is 0.347 e. The topological polar surface area (TPSA) is 122 Å². The Kier molecular flexibility index (Phi) is 6.40. The third kappa shape index (κ3) is 5.59. The zero-order chi connectivity index (χ0) is 23.2. The summed E-state index contributed by atoms with van der Waals surface area (Å²) >= 11 is 0. The Hall–Kier alpha value is -4.53. The number of nitrogens with one attached hydrogen (secondary N) is 3. The summed E-state index contributed by atoms with van der Waals surface area (Å²) in [6.07, 6.45) is 3.75. The molecule has 4 rings (SSSR count). The number of carbonyl (C=O) groups excluding carboxylic acids is 1. The predicted octanol–water partition coefficient (Wildman–Crippen LogP) is 3.25. The molecule has 0 aliphatic heterocycles. The highest BCUT2D eigenvalue weighted by Crippen LogP contribution is 2.19. The van der Waals surface area contributed by atoms with E-state index in [-0.39, 0.29) is 11.2 Å². The second-order valence-electron chi connectivity index (χ2n) is 7.33. The molecule has 0 saturated heterocycles. The first-order valence-electron chi connectivity index (χ1n) is 10.4. The summed E-state index contributed by atoms with van der Waals surface area (Å²) in [5.74, 6) is 0.446. The van der Waals surface area contributed by atoms with E-state index in [2.05, 4.69) is 25.6 Å². The van der Waals surface area contributed by atoms with E-state index in [1.54, 1.807) is 48.7 Å². The number of anilines is 2. The molecule has 33 heavy (non-hydrogen) atoms. The van der Waals surface area contributed by atoms with Gasteiger partial charge >= 0.3 is 11.7 Å². The van der Waals surface area contributed by atoms with Gasteiger partial charge in [0.2, 0.25) is 0 Å². The van der Waals surface area contributed by atoms with Gasteiger partial charge in [-0.3, -0.25) is 9.36 Å². The van der Waals surface area contributed by atoms with Crippen molar-refractivity contribution in [3.8, 4) is 11.4 Å². The smallest absolute Gasteiger partial charge is 0.308 e. The molecule has 0 spiro atoms. The number of aromatic nitrogens is 4. The molecule has 2 aromatic heterocycles. The van der Waals surface area contributed by atoms with Crippen molar-refractivity contribution in [2.75, 3.05) is 10.6 Å². The Morgan fingerprint density at radius 1 is 1.00 bits per heavy atom. The summed E-state index contributed by atoms with van der Waals surface area (Å²) in [4.78, 5) is 47.2. The van der Waals surface area contributed by atoms with Crippen LogP contribution in [0.3, 0.4) is 0 Å². The number of nitrogens with zero attached hydrogens (tertiary/aromatic N) is 3. The number of benzene rings is 2. The second kappa shape index (κ2) is 9.73. The average Bonchev–Trinajstić information content (AvgIpc) is 2.80. The molecule has 0 radical (unpaired) electrons. The van der Waals surface area contributed by atoms with Gasteiger partial charge in [-0.25, -0.2) is 19.6 Å². The van der Waals surface area contributed by atoms with Crippen molar-refractivity contribution < 1.29 is 4.79 Å². The number of amides is 2. The van der Waals surface area contributed by atoms with Crippen LogP contribution in [-0.4, -0.2) is 25.6 Å². The summed E-state index contributed by atoms with van der Waals surface area (Å²) < 4.78 is 1.48. The number of rotatable bonds is 6. The molecule has 9 nitrogen and oxygen atoms in total. The Labute approximate surface area is 189 Å². The molecule has 0 bridgehead atoms. The highest BCUT2D eigenvalue weighted by atomic mass is 16.2. The zero-order valence-electron chi connectivity index (χ0n) is 17.9. The molecule has 2 heterocycles. The van der Waals surface area contributed by atoms with Gasteiger partial charge in [-0.15, -0.1) is 0 Å². The first kappa shape index (κ1) is 21.7. The lowest BCUT2D eigenvalue weighted by Gasteiger charge is -2.11. The van der Waals surface area contributed by atoms with E-state index in [1.807, 2.05) is 19.1 Å². The fourth-order valence-electron chi connectivity index (χ4n) is 3.32. The SMILES string of the molecule is CCc1cc(=O)[nH]c(-c2cccc(NC(=O)Nc3cccc(Cn4cccnc4=O)c3)c2)n1. The monoisotopic (exact) mass is 442 g/mol. The molecule has 0 aliphatic rings. The first-order chi connectivity index (χ1) is 16.0. The minimum Gasteiger partial charge on any atom is -0.308 e. The van der Waals surface area contributed by atoms with Crippen molar-refractivity contribution in [2.24, 2.45) is 0 Å². The van der Waals surface area contributed by atoms with Crippen molar-refractivity contribution in [2.45, 2.75) is 19.9 Å². The van der Waals surface area contributed by atoms with E-state index >= 15 is 0 Å². The molecule has 3 N–H and O–H groups in total. The van der Waals surface area contributed by atoms with Gasteiger partial charge in [0.1, 0.15) is 5.82 Å². The van der Waals surface area contributed by atoms with Gasteiger partial charge in [-0.2, -0.15) is 0 Å². The summed E-state index contributed by atoms with van der Waals surface area (Å²) in [7, 11) is 0. The van der Waals surface area contributed by atoms with E-state index in [1.165, 1.54) is 16.8 Å². The highest BCUT2D eigenvalue weighted by Gasteiger charge is 2.08. The summed E-state index contributed by atoms with van der Waals surface area (Å²) in [6, 6.07) is 17.0.